The van der Waals surface area contributed by atoms with Gasteiger partial charge in [-0.15, -0.1) is 5.10 Å². The summed E-state index contributed by atoms with van der Waals surface area (Å²) < 4.78 is 1.46. The van der Waals surface area contributed by atoms with Crippen molar-refractivity contribution >= 4 is 12.3 Å². The molecule has 0 amide bonds. The van der Waals surface area contributed by atoms with E-state index in [9.17, 15) is 9.59 Å². The molecule has 0 atom stereocenters. The van der Waals surface area contributed by atoms with Crippen LogP contribution in [0.2, 0.25) is 0 Å². The van der Waals surface area contributed by atoms with Gasteiger partial charge in [-0.2, -0.15) is 0 Å². The van der Waals surface area contributed by atoms with E-state index < -0.39 is 5.97 Å². The average molecular weight is 293 g/mol. The highest BCUT2D eigenvalue weighted by molar-refractivity contribution is 5.88. The van der Waals surface area contributed by atoms with E-state index >= 15 is 0 Å². The molecule has 0 aliphatic rings. The first kappa shape index (κ1) is 13.7. The lowest BCUT2D eigenvalue weighted by Gasteiger charge is -2.07. The Balaban J connectivity index is 2.20. The van der Waals surface area contributed by atoms with E-state index in [-0.39, 0.29) is 11.3 Å². The third kappa shape index (κ3) is 2.37. The second-order valence-electron chi connectivity index (χ2n) is 4.57. The molecule has 0 aliphatic carbocycles. The summed E-state index contributed by atoms with van der Waals surface area (Å²) in [6, 6.07) is 15.5. The van der Waals surface area contributed by atoms with Crippen molar-refractivity contribution in [3.63, 3.8) is 0 Å². The van der Waals surface area contributed by atoms with Crippen LogP contribution < -0.4 is 0 Å². The number of nitrogens with zero attached hydrogens (tertiary/aromatic N) is 3. The highest BCUT2D eigenvalue weighted by atomic mass is 16.4. The van der Waals surface area contributed by atoms with Gasteiger partial charge in [-0.25, -0.2) is 9.48 Å². The van der Waals surface area contributed by atoms with Gasteiger partial charge < -0.3 is 5.11 Å². The van der Waals surface area contributed by atoms with Crippen LogP contribution in [0.4, 0.5) is 0 Å². The molecule has 6 heteroatoms. The van der Waals surface area contributed by atoms with Gasteiger partial charge in [0.25, 0.3) is 0 Å². The van der Waals surface area contributed by atoms with Gasteiger partial charge in [-0.05, 0) is 18.2 Å². The normalized spacial score (nSPS) is 10.4. The average Bonchev–Trinajstić information content (AvgIpc) is 2.99. The van der Waals surface area contributed by atoms with E-state index in [1.165, 1.54) is 16.8 Å². The lowest BCUT2D eigenvalue weighted by Crippen LogP contribution is -2.03. The standard InChI is InChI=1S/C16H11N3O3/c20-10-14-15(11-5-2-1-3-6-11)19(18-17-14)13-8-4-7-12(9-13)16(21)22/h1-10H,(H,21,22). The Hall–Kier alpha value is -3.28. The van der Waals surface area contributed by atoms with Crippen molar-refractivity contribution in [3.05, 3.63) is 65.9 Å². The Bertz CT molecular complexity index is 841. The van der Waals surface area contributed by atoms with Crippen LogP contribution in [0.3, 0.4) is 0 Å². The zero-order valence-corrected chi connectivity index (χ0v) is 11.4. The third-order valence-corrected chi connectivity index (χ3v) is 3.19. The fourth-order valence-corrected chi connectivity index (χ4v) is 2.19. The van der Waals surface area contributed by atoms with E-state index in [2.05, 4.69) is 10.3 Å². The predicted molar refractivity (Wildman–Crippen MR) is 79.1 cm³/mol. The predicted octanol–water partition coefficient (Wildman–Crippen LogP) is 2.45. The molecule has 0 fully saturated rings. The van der Waals surface area contributed by atoms with E-state index in [0.717, 1.165) is 5.56 Å². The molecular weight excluding hydrogens is 282 g/mol. The Morgan fingerprint density at radius 2 is 1.86 bits per heavy atom. The van der Waals surface area contributed by atoms with Gasteiger partial charge in [-0.3, -0.25) is 4.79 Å². The molecule has 108 valence electrons. The first-order valence-corrected chi connectivity index (χ1v) is 6.50. The number of rotatable bonds is 4. The van der Waals surface area contributed by atoms with Crippen LogP contribution in [0.25, 0.3) is 16.9 Å². The van der Waals surface area contributed by atoms with Crippen LogP contribution in [0.15, 0.2) is 54.6 Å². The van der Waals surface area contributed by atoms with Crippen molar-refractivity contribution < 1.29 is 14.7 Å². The molecule has 1 heterocycles. The molecule has 0 aliphatic heterocycles. The second-order valence-corrected chi connectivity index (χ2v) is 4.57. The number of hydrogen-bond acceptors (Lipinski definition) is 4. The number of aldehydes is 1. The van der Waals surface area contributed by atoms with Gasteiger partial charge in [0.1, 0.15) is 5.69 Å². The summed E-state index contributed by atoms with van der Waals surface area (Å²) in [5.41, 5.74) is 2.17. The molecule has 3 rings (SSSR count). The molecule has 0 saturated carbocycles. The van der Waals surface area contributed by atoms with Crippen LogP contribution in [0, 0.1) is 0 Å². The van der Waals surface area contributed by atoms with E-state index in [1.807, 2.05) is 30.3 Å². The molecule has 0 unspecified atom stereocenters. The smallest absolute Gasteiger partial charge is 0.335 e. The number of aromatic carboxylic acids is 1. The molecule has 0 saturated heterocycles. The van der Waals surface area contributed by atoms with Gasteiger partial charge in [0, 0.05) is 5.56 Å². The summed E-state index contributed by atoms with van der Waals surface area (Å²) in [4.78, 5) is 22.3. The molecule has 0 spiro atoms. The fourth-order valence-electron chi connectivity index (χ4n) is 2.19. The maximum absolute atomic E-state index is 11.2. The number of benzene rings is 2. The van der Waals surface area contributed by atoms with Crippen molar-refractivity contribution in [1.82, 2.24) is 15.0 Å². The van der Waals surface area contributed by atoms with Crippen molar-refractivity contribution in [2.24, 2.45) is 0 Å². The van der Waals surface area contributed by atoms with Crippen molar-refractivity contribution in [1.29, 1.82) is 0 Å². The third-order valence-electron chi connectivity index (χ3n) is 3.19. The number of aromatic nitrogens is 3. The Morgan fingerprint density at radius 3 is 2.55 bits per heavy atom. The van der Waals surface area contributed by atoms with Gasteiger partial charge in [0.2, 0.25) is 0 Å². The largest absolute Gasteiger partial charge is 0.478 e. The lowest BCUT2D eigenvalue weighted by atomic mass is 10.1. The lowest BCUT2D eigenvalue weighted by molar-refractivity contribution is 0.0696. The maximum Gasteiger partial charge on any atom is 0.335 e. The minimum atomic E-state index is -1.03. The number of carbonyl (C=O) groups excluding carboxylic acids is 1. The van der Waals surface area contributed by atoms with E-state index in [4.69, 9.17) is 5.11 Å². The highest BCUT2D eigenvalue weighted by Gasteiger charge is 2.16. The first-order chi connectivity index (χ1) is 10.7. The van der Waals surface area contributed by atoms with Crippen molar-refractivity contribution in [2.75, 3.05) is 0 Å². The molecule has 1 N–H and O–H groups in total. The summed E-state index contributed by atoms with van der Waals surface area (Å²) >= 11 is 0. The van der Waals surface area contributed by atoms with Crippen molar-refractivity contribution in [3.8, 4) is 16.9 Å². The molecule has 3 aromatic rings. The summed E-state index contributed by atoms with van der Waals surface area (Å²) in [6.07, 6.45) is 0.632. The van der Waals surface area contributed by atoms with Crippen LogP contribution in [0.5, 0.6) is 0 Å². The van der Waals surface area contributed by atoms with Gasteiger partial charge in [-0.1, -0.05) is 41.6 Å². The molecule has 22 heavy (non-hydrogen) atoms. The van der Waals surface area contributed by atoms with Crippen LogP contribution in [-0.2, 0) is 0 Å². The molecule has 0 radical (unpaired) electrons. The number of carboxylic acids is 1. The van der Waals surface area contributed by atoms with Gasteiger partial charge in [0.05, 0.1) is 11.3 Å². The van der Waals surface area contributed by atoms with Gasteiger partial charge >= 0.3 is 5.97 Å². The zero-order chi connectivity index (χ0) is 15.5. The minimum absolute atomic E-state index is 0.139. The number of hydrogen-bond donors (Lipinski definition) is 1. The molecule has 2 aromatic carbocycles. The summed E-state index contributed by atoms with van der Waals surface area (Å²) in [7, 11) is 0. The summed E-state index contributed by atoms with van der Waals surface area (Å²) in [5, 5.41) is 16.9. The topological polar surface area (TPSA) is 85.1 Å². The summed E-state index contributed by atoms with van der Waals surface area (Å²) in [6.45, 7) is 0. The summed E-state index contributed by atoms with van der Waals surface area (Å²) in [5.74, 6) is -1.03. The Labute approximate surface area is 125 Å². The number of carboxylic acid groups (broad SMARTS) is 1. The molecule has 0 bridgehead atoms. The monoisotopic (exact) mass is 293 g/mol. The SMILES string of the molecule is O=Cc1nnn(-c2cccc(C(=O)O)c2)c1-c1ccccc1. The van der Waals surface area contributed by atoms with Crippen LogP contribution in [-0.4, -0.2) is 32.4 Å². The van der Waals surface area contributed by atoms with E-state index in [1.54, 1.807) is 12.1 Å². The number of carbonyl (C=O) groups is 2. The molecule has 1 aromatic heterocycles. The van der Waals surface area contributed by atoms with Crippen LogP contribution in [0.1, 0.15) is 20.8 Å². The molecule has 6 nitrogen and oxygen atoms in total. The van der Waals surface area contributed by atoms with E-state index in [0.29, 0.717) is 17.7 Å². The van der Waals surface area contributed by atoms with Crippen LogP contribution >= 0.6 is 0 Å². The first-order valence-electron chi connectivity index (χ1n) is 6.50. The molecular formula is C16H11N3O3. The Morgan fingerprint density at radius 1 is 1.09 bits per heavy atom. The Kier molecular flexibility index (Phi) is 3.49. The maximum atomic E-state index is 11.2. The second kappa shape index (κ2) is 5.61. The highest BCUT2D eigenvalue weighted by Crippen LogP contribution is 2.24. The minimum Gasteiger partial charge on any atom is -0.478 e. The zero-order valence-electron chi connectivity index (χ0n) is 11.4. The fraction of sp³-hybridized carbons (Fsp3) is 0. The quantitative estimate of drug-likeness (QED) is 0.747. The van der Waals surface area contributed by atoms with Crippen molar-refractivity contribution in [2.45, 2.75) is 0 Å². The van der Waals surface area contributed by atoms with Gasteiger partial charge in [0.15, 0.2) is 12.0 Å².